The Morgan fingerprint density at radius 3 is 2.21 bits per heavy atom. The molecule has 1 atom stereocenters. The number of carbonyl (C=O) groups is 3. The van der Waals surface area contributed by atoms with Crippen molar-refractivity contribution in [3.05, 3.63) is 35.4 Å². The number of carboxylic acid groups (broad SMARTS) is 1. The van der Waals surface area contributed by atoms with E-state index in [4.69, 9.17) is 14.9 Å². The van der Waals surface area contributed by atoms with Gasteiger partial charge in [-0.05, 0) is 31.9 Å². The van der Waals surface area contributed by atoms with Crippen LogP contribution < -0.4 is 11.1 Å². The monoisotopic (exact) mass is 337 g/mol. The van der Waals surface area contributed by atoms with Crippen LogP contribution in [0, 0.1) is 5.41 Å². The maximum atomic E-state index is 11.6. The van der Waals surface area contributed by atoms with Crippen LogP contribution in [0.4, 0.5) is 4.79 Å². The van der Waals surface area contributed by atoms with Gasteiger partial charge in [0.25, 0.3) is 0 Å². The molecule has 0 spiro atoms. The molecule has 24 heavy (non-hydrogen) atoms. The van der Waals surface area contributed by atoms with Gasteiger partial charge >= 0.3 is 12.1 Å². The molecule has 1 aromatic carbocycles. The zero-order chi connectivity index (χ0) is 18.8. The normalized spacial score (nSPS) is 11.3. The van der Waals surface area contributed by atoms with Crippen molar-refractivity contribution >= 4 is 24.7 Å². The number of benzene rings is 1. The lowest BCUT2D eigenvalue weighted by molar-refractivity contribution is -0.139. The molecule has 0 aromatic heterocycles. The Labute approximate surface area is 140 Å². The van der Waals surface area contributed by atoms with Crippen molar-refractivity contribution < 1.29 is 24.2 Å². The number of nitrogens with two attached hydrogens (primary N) is 1. The first kappa shape index (κ1) is 21.1. The third-order valence-corrected chi connectivity index (χ3v) is 2.58. The van der Waals surface area contributed by atoms with E-state index >= 15 is 0 Å². The van der Waals surface area contributed by atoms with E-state index in [1.807, 2.05) is 0 Å². The molecule has 5 N–H and O–H groups in total. The third kappa shape index (κ3) is 9.19. The largest absolute Gasteiger partial charge is 0.480 e. The van der Waals surface area contributed by atoms with Crippen molar-refractivity contribution in [1.82, 2.24) is 5.32 Å². The molecule has 0 radical (unpaired) electrons. The number of hydrogen-bond acceptors (Lipinski definition) is 5. The van der Waals surface area contributed by atoms with Crippen LogP contribution in [0.1, 0.15) is 31.9 Å². The number of rotatable bonds is 5. The van der Waals surface area contributed by atoms with E-state index in [1.54, 1.807) is 45.0 Å². The minimum atomic E-state index is -1.13. The Hall–Kier alpha value is -2.90. The average Bonchev–Trinajstić information content (AvgIpc) is 2.46. The first-order chi connectivity index (χ1) is 11.1. The molecular weight excluding hydrogens is 314 g/mol. The first-order valence-electron chi connectivity index (χ1n) is 7.10. The van der Waals surface area contributed by atoms with Crippen LogP contribution in [0.2, 0.25) is 0 Å². The summed E-state index contributed by atoms with van der Waals surface area (Å²) >= 11 is 0. The molecule has 0 heterocycles. The molecule has 1 unspecified atom stereocenters. The van der Waals surface area contributed by atoms with E-state index in [2.05, 4.69) is 11.1 Å². The summed E-state index contributed by atoms with van der Waals surface area (Å²) in [4.78, 5) is 31.4. The second kappa shape index (κ2) is 9.98. The molecule has 0 aliphatic carbocycles. The van der Waals surface area contributed by atoms with Crippen molar-refractivity contribution in [2.45, 2.75) is 38.8 Å². The van der Waals surface area contributed by atoms with Crippen LogP contribution in [0.3, 0.4) is 0 Å². The Kier molecular flexibility index (Phi) is 8.78. The number of alkyl carbamates (subject to hydrolysis) is 1. The Morgan fingerprint density at radius 1 is 1.33 bits per heavy atom. The number of ether oxygens (including phenoxy) is 1. The van der Waals surface area contributed by atoms with Gasteiger partial charge in [-0.3, -0.25) is 4.79 Å². The lowest BCUT2D eigenvalue weighted by Crippen LogP contribution is -2.44. The molecular formula is C16H23N3O5. The highest BCUT2D eigenvalue weighted by molar-refractivity contribution is 5.80. The highest BCUT2D eigenvalue weighted by atomic mass is 16.6. The van der Waals surface area contributed by atoms with Crippen molar-refractivity contribution in [3.63, 3.8) is 0 Å². The van der Waals surface area contributed by atoms with Gasteiger partial charge in [0.15, 0.2) is 0 Å². The van der Waals surface area contributed by atoms with Crippen molar-refractivity contribution in [1.29, 1.82) is 5.41 Å². The number of aliphatic carboxylic acids is 1. The second-order valence-corrected chi connectivity index (χ2v) is 5.76. The molecule has 0 saturated carbocycles. The Bertz CT molecular complexity index is 564. The number of primary amides is 1. The topological polar surface area (TPSA) is 143 Å². The molecule has 0 aliphatic rings. The lowest BCUT2D eigenvalue weighted by atomic mass is 10.0. The summed E-state index contributed by atoms with van der Waals surface area (Å²) in [7, 11) is 0. The maximum absolute atomic E-state index is 11.6. The number of carbonyl (C=O) groups excluding carboxylic acids is 2. The minimum Gasteiger partial charge on any atom is -0.480 e. The van der Waals surface area contributed by atoms with Gasteiger partial charge in [0.1, 0.15) is 11.6 Å². The zero-order valence-electron chi connectivity index (χ0n) is 13.9. The fourth-order valence-corrected chi connectivity index (χ4v) is 1.64. The molecule has 0 saturated heterocycles. The van der Waals surface area contributed by atoms with Gasteiger partial charge in [0, 0.05) is 12.6 Å². The van der Waals surface area contributed by atoms with Crippen LogP contribution in [0.5, 0.6) is 0 Å². The van der Waals surface area contributed by atoms with E-state index in [0.29, 0.717) is 0 Å². The van der Waals surface area contributed by atoms with E-state index < -0.39 is 23.7 Å². The standard InChI is InChI=1S/C15H20N2O4.CH3NO/c1-15(2,3)21-14(20)17-12(13(18)19)8-10-4-6-11(9-16)7-5-10;2-1-3/h4-7,9,12,16H,8H2,1-3H3,(H,17,20)(H,18,19);1H,(H2,2,3). The van der Waals surface area contributed by atoms with Gasteiger partial charge in [-0.2, -0.15) is 0 Å². The molecule has 132 valence electrons. The SMILES string of the molecule is CC(C)(C)OC(=O)NC(Cc1ccc(C=N)cc1)C(=O)O.NC=O. The summed E-state index contributed by atoms with van der Waals surface area (Å²) in [6, 6.07) is 5.83. The fraction of sp³-hybridized carbons (Fsp3) is 0.375. The van der Waals surface area contributed by atoms with E-state index in [9.17, 15) is 14.7 Å². The molecule has 1 rings (SSSR count). The van der Waals surface area contributed by atoms with Gasteiger partial charge in [-0.25, -0.2) is 9.59 Å². The Balaban J connectivity index is 0.00000163. The fourth-order valence-electron chi connectivity index (χ4n) is 1.64. The third-order valence-electron chi connectivity index (χ3n) is 2.58. The Morgan fingerprint density at radius 2 is 1.83 bits per heavy atom. The van der Waals surface area contributed by atoms with Crippen LogP contribution >= 0.6 is 0 Å². The van der Waals surface area contributed by atoms with Crippen LogP contribution in [0.25, 0.3) is 0 Å². The quantitative estimate of drug-likeness (QED) is 0.473. The summed E-state index contributed by atoms with van der Waals surface area (Å²) in [6.07, 6.45) is 0.843. The lowest BCUT2D eigenvalue weighted by Gasteiger charge is -2.22. The highest BCUT2D eigenvalue weighted by Crippen LogP contribution is 2.09. The van der Waals surface area contributed by atoms with E-state index in [-0.39, 0.29) is 12.8 Å². The van der Waals surface area contributed by atoms with E-state index in [0.717, 1.165) is 11.1 Å². The highest BCUT2D eigenvalue weighted by Gasteiger charge is 2.24. The van der Waals surface area contributed by atoms with Crippen LogP contribution in [0.15, 0.2) is 24.3 Å². The maximum Gasteiger partial charge on any atom is 0.408 e. The molecule has 8 heteroatoms. The molecule has 8 nitrogen and oxygen atoms in total. The number of hydrogen-bond donors (Lipinski definition) is 4. The van der Waals surface area contributed by atoms with Gasteiger partial charge in [0.2, 0.25) is 6.41 Å². The van der Waals surface area contributed by atoms with Crippen molar-refractivity contribution in [3.8, 4) is 0 Å². The van der Waals surface area contributed by atoms with Gasteiger partial charge in [-0.15, -0.1) is 0 Å². The van der Waals surface area contributed by atoms with Gasteiger partial charge in [-0.1, -0.05) is 24.3 Å². The van der Waals surface area contributed by atoms with E-state index in [1.165, 1.54) is 6.21 Å². The number of amides is 2. The van der Waals surface area contributed by atoms with Crippen LogP contribution in [-0.2, 0) is 20.7 Å². The predicted molar refractivity (Wildman–Crippen MR) is 89.1 cm³/mol. The van der Waals surface area contributed by atoms with Crippen molar-refractivity contribution in [2.75, 3.05) is 0 Å². The summed E-state index contributed by atoms with van der Waals surface area (Å²) < 4.78 is 5.05. The first-order valence-corrected chi connectivity index (χ1v) is 7.10. The zero-order valence-corrected chi connectivity index (χ0v) is 13.9. The summed E-state index contributed by atoms with van der Waals surface area (Å²) in [6.45, 7) is 5.12. The molecule has 0 bridgehead atoms. The average molecular weight is 337 g/mol. The van der Waals surface area contributed by atoms with Gasteiger partial charge in [0.05, 0.1) is 0 Å². The predicted octanol–water partition coefficient (Wildman–Crippen LogP) is 1.31. The molecule has 1 aromatic rings. The summed E-state index contributed by atoms with van der Waals surface area (Å²) in [5.74, 6) is -1.13. The second-order valence-electron chi connectivity index (χ2n) is 5.76. The number of carboxylic acids is 1. The molecule has 0 fully saturated rings. The number of nitrogens with one attached hydrogen (secondary N) is 2. The minimum absolute atomic E-state index is 0.146. The summed E-state index contributed by atoms with van der Waals surface area (Å²) in [5.41, 5.74) is 4.97. The van der Waals surface area contributed by atoms with Crippen LogP contribution in [-0.4, -0.2) is 41.4 Å². The summed E-state index contributed by atoms with van der Waals surface area (Å²) in [5, 5.41) is 18.6. The molecule has 0 aliphatic heterocycles. The molecule has 2 amide bonds. The van der Waals surface area contributed by atoms with Crippen molar-refractivity contribution in [2.24, 2.45) is 5.73 Å². The smallest absolute Gasteiger partial charge is 0.408 e. The van der Waals surface area contributed by atoms with Gasteiger partial charge < -0.3 is 26.3 Å².